The van der Waals surface area contributed by atoms with Crippen molar-refractivity contribution in [3.63, 3.8) is 0 Å². The van der Waals surface area contributed by atoms with Crippen LogP contribution in [0.5, 0.6) is 0 Å². The minimum Gasteiger partial charge on any atom is -0.339 e. The van der Waals surface area contributed by atoms with Crippen LogP contribution in [0, 0.1) is 5.41 Å². The van der Waals surface area contributed by atoms with E-state index in [4.69, 9.17) is 4.89 Å². The van der Waals surface area contributed by atoms with Gasteiger partial charge in [-0.1, -0.05) is 32.5 Å². The van der Waals surface area contributed by atoms with Gasteiger partial charge >= 0.3 is 5.97 Å². The Balaban J connectivity index is 4.03. The Bertz CT molecular complexity index is 505. The minimum absolute atomic E-state index is 0.0835. The van der Waals surface area contributed by atoms with Crippen LogP contribution in [-0.2, 0) is 29.0 Å². The number of thioether (sulfide) groups is 1. The van der Waals surface area contributed by atoms with Crippen LogP contribution >= 0.6 is 11.8 Å². The van der Waals surface area contributed by atoms with Crippen molar-refractivity contribution in [1.29, 1.82) is 0 Å². The molecule has 8 nitrogen and oxygen atoms in total. The molecular weight excluding hydrogens is 372 g/mol. The van der Waals surface area contributed by atoms with Crippen LogP contribution in [0.2, 0.25) is 0 Å². The molecule has 0 aromatic rings. The fraction of sp³-hybridized carbons (Fsp3) is 0.778. The molecule has 0 heterocycles. The summed E-state index contributed by atoms with van der Waals surface area (Å²) in [5, 5.41) is 5.18. The molecule has 2 N–H and O–H groups in total. The summed E-state index contributed by atoms with van der Waals surface area (Å²) >= 11 is 1.07. The van der Waals surface area contributed by atoms with E-state index in [0.717, 1.165) is 18.2 Å². The lowest BCUT2D eigenvalue weighted by Crippen LogP contribution is -2.37. The summed E-state index contributed by atoms with van der Waals surface area (Å²) in [7, 11) is 0. The second-order valence-corrected chi connectivity index (χ2v) is 8.27. The van der Waals surface area contributed by atoms with Crippen molar-refractivity contribution in [3.8, 4) is 0 Å². The molecule has 0 spiro atoms. The predicted molar refractivity (Wildman–Crippen MR) is 103 cm³/mol. The molecule has 0 aromatic heterocycles. The van der Waals surface area contributed by atoms with Crippen molar-refractivity contribution in [2.45, 2.75) is 72.3 Å². The van der Waals surface area contributed by atoms with E-state index in [1.54, 1.807) is 6.26 Å². The average molecular weight is 405 g/mol. The molecule has 0 rings (SSSR count). The lowest BCUT2D eigenvalue weighted by molar-refractivity contribution is -0.296. The normalized spacial score (nSPS) is 12.2. The third-order valence-corrected chi connectivity index (χ3v) is 4.15. The Kier molecular flexibility index (Phi) is 12.7. The Hall–Kier alpha value is -1.61. The van der Waals surface area contributed by atoms with E-state index in [1.165, 1.54) is 6.92 Å². The monoisotopic (exact) mass is 404 g/mol. The third kappa shape index (κ3) is 16.3. The van der Waals surface area contributed by atoms with Crippen LogP contribution in [0.4, 0.5) is 0 Å². The number of amides is 2. The molecule has 9 heteroatoms. The van der Waals surface area contributed by atoms with E-state index < -0.39 is 12.1 Å². The van der Waals surface area contributed by atoms with Gasteiger partial charge in [0.05, 0.1) is 6.67 Å². The first-order chi connectivity index (χ1) is 12.5. The van der Waals surface area contributed by atoms with Gasteiger partial charge in [-0.05, 0) is 30.9 Å². The Morgan fingerprint density at radius 1 is 1.04 bits per heavy atom. The first kappa shape index (κ1) is 25.4. The van der Waals surface area contributed by atoms with Gasteiger partial charge in [0.2, 0.25) is 11.8 Å². The fourth-order valence-electron chi connectivity index (χ4n) is 1.99. The third-order valence-electron chi connectivity index (χ3n) is 3.53. The predicted octanol–water partition coefficient (Wildman–Crippen LogP) is 2.32. The molecule has 27 heavy (non-hydrogen) atoms. The molecule has 0 aliphatic rings. The topological polar surface area (TPSA) is 111 Å². The van der Waals surface area contributed by atoms with E-state index in [9.17, 15) is 19.2 Å². The van der Waals surface area contributed by atoms with Crippen molar-refractivity contribution >= 4 is 34.7 Å². The molecule has 0 saturated heterocycles. The van der Waals surface area contributed by atoms with Crippen LogP contribution in [0.25, 0.3) is 0 Å². The highest BCUT2D eigenvalue weighted by molar-refractivity contribution is 8.13. The van der Waals surface area contributed by atoms with Gasteiger partial charge in [-0.2, -0.15) is 4.89 Å². The van der Waals surface area contributed by atoms with Crippen LogP contribution in [0.15, 0.2) is 0 Å². The molecule has 0 saturated carbocycles. The van der Waals surface area contributed by atoms with E-state index in [0.29, 0.717) is 19.3 Å². The molecule has 2 amide bonds. The molecule has 0 radical (unpaired) electrons. The summed E-state index contributed by atoms with van der Waals surface area (Å²) in [6.45, 7) is 7.48. The number of rotatable bonds is 12. The van der Waals surface area contributed by atoms with Gasteiger partial charge < -0.3 is 10.6 Å². The lowest BCUT2D eigenvalue weighted by atomic mass is 9.90. The van der Waals surface area contributed by atoms with Crippen LogP contribution in [-0.4, -0.2) is 41.9 Å². The minimum atomic E-state index is -0.600. The number of carbonyl (C=O) groups excluding carboxylic acids is 4. The van der Waals surface area contributed by atoms with E-state index in [-0.39, 0.29) is 41.9 Å². The second-order valence-electron chi connectivity index (χ2n) is 7.40. The smallest absolute Gasteiger partial charge is 0.339 e. The van der Waals surface area contributed by atoms with Gasteiger partial charge in [-0.3, -0.25) is 19.3 Å². The molecule has 0 fully saturated rings. The molecule has 0 bridgehead atoms. The summed E-state index contributed by atoms with van der Waals surface area (Å²) in [5.41, 5.74) is 0.0863. The number of carbonyl (C=O) groups is 4. The zero-order chi connectivity index (χ0) is 20.9. The standard InChI is InChI=1S/C18H32N2O6S/c1-13(21)25-26-14(11-17(24)27-5)7-6-8-15(22)19-12-20-16(23)9-10-18(2,3)4/h14H,6-12H2,1-5H3,(H,19,22)(H,20,23)/t14-/m1/s1. The summed E-state index contributed by atoms with van der Waals surface area (Å²) < 4.78 is 0. The first-order valence-corrected chi connectivity index (χ1v) is 10.2. The number of hydrogen-bond acceptors (Lipinski definition) is 7. The van der Waals surface area contributed by atoms with Crippen molar-refractivity contribution in [2.75, 3.05) is 12.9 Å². The van der Waals surface area contributed by atoms with Crippen molar-refractivity contribution in [3.05, 3.63) is 0 Å². The molecule has 1 atom stereocenters. The lowest BCUT2D eigenvalue weighted by Gasteiger charge is -2.17. The maximum Gasteiger partial charge on any atom is 0.339 e. The highest BCUT2D eigenvalue weighted by Crippen LogP contribution is 2.20. The zero-order valence-corrected chi connectivity index (χ0v) is 17.7. The van der Waals surface area contributed by atoms with E-state index in [2.05, 4.69) is 36.3 Å². The molecule has 156 valence electrons. The van der Waals surface area contributed by atoms with E-state index >= 15 is 0 Å². The maximum atomic E-state index is 11.8. The highest BCUT2D eigenvalue weighted by atomic mass is 32.2. The van der Waals surface area contributed by atoms with Crippen LogP contribution in [0.3, 0.4) is 0 Å². The van der Waals surface area contributed by atoms with Gasteiger partial charge in [0.1, 0.15) is 6.10 Å². The summed E-state index contributed by atoms with van der Waals surface area (Å²) in [5.74, 6) is -0.916. The SMILES string of the molecule is CSC(=O)C[C@@H](CCCC(=O)NCNC(=O)CCC(C)(C)C)OOC(C)=O. The molecule has 0 aliphatic heterocycles. The number of hydrogen-bond donors (Lipinski definition) is 2. The summed E-state index contributed by atoms with van der Waals surface area (Å²) in [6, 6.07) is 0. The average Bonchev–Trinajstić information content (AvgIpc) is 2.56. The quantitative estimate of drug-likeness (QED) is 0.292. The van der Waals surface area contributed by atoms with Gasteiger partial charge in [-0.25, -0.2) is 4.79 Å². The molecule has 0 aliphatic carbocycles. The second kappa shape index (κ2) is 13.5. The zero-order valence-electron chi connectivity index (χ0n) is 16.9. The Morgan fingerprint density at radius 2 is 1.63 bits per heavy atom. The van der Waals surface area contributed by atoms with E-state index in [1.807, 2.05) is 0 Å². The highest BCUT2D eigenvalue weighted by Gasteiger charge is 2.17. The summed E-state index contributed by atoms with van der Waals surface area (Å²) in [4.78, 5) is 55.3. The van der Waals surface area contributed by atoms with Gasteiger partial charge in [0.25, 0.3) is 0 Å². The van der Waals surface area contributed by atoms with Gasteiger partial charge in [-0.15, -0.1) is 0 Å². The Morgan fingerprint density at radius 3 is 2.15 bits per heavy atom. The summed E-state index contributed by atoms with van der Waals surface area (Å²) in [6.07, 6.45) is 3.42. The number of nitrogens with one attached hydrogen (secondary N) is 2. The Labute approximate surface area is 165 Å². The van der Waals surface area contributed by atoms with Crippen molar-refractivity contribution in [1.82, 2.24) is 10.6 Å². The maximum absolute atomic E-state index is 11.8. The van der Waals surface area contributed by atoms with Crippen LogP contribution < -0.4 is 10.6 Å². The fourth-order valence-corrected chi connectivity index (χ4v) is 2.34. The van der Waals surface area contributed by atoms with Crippen molar-refractivity contribution < 1.29 is 29.0 Å². The van der Waals surface area contributed by atoms with Gasteiger partial charge in [0, 0.05) is 26.2 Å². The first-order valence-electron chi connectivity index (χ1n) is 8.97. The van der Waals surface area contributed by atoms with Crippen molar-refractivity contribution in [2.24, 2.45) is 5.41 Å². The molecule has 0 aromatic carbocycles. The molecular formula is C18H32N2O6S. The largest absolute Gasteiger partial charge is 0.339 e. The van der Waals surface area contributed by atoms with Gasteiger partial charge in [0.15, 0.2) is 5.12 Å². The van der Waals surface area contributed by atoms with Crippen LogP contribution in [0.1, 0.15) is 66.2 Å². The molecule has 0 unspecified atom stereocenters.